The average molecular weight is 265 g/mol. The summed E-state index contributed by atoms with van der Waals surface area (Å²) in [6.07, 6.45) is 1.24. The number of rotatable bonds is 4. The average Bonchev–Trinajstić information content (AvgIpc) is 1.83. The van der Waals surface area contributed by atoms with Crippen molar-refractivity contribution in [3.63, 3.8) is 0 Å². The molecule has 0 heterocycles. The summed E-state index contributed by atoms with van der Waals surface area (Å²) >= 11 is 7.25. The summed E-state index contributed by atoms with van der Waals surface area (Å²) in [6.45, 7) is 0. The van der Waals surface area contributed by atoms with Crippen LogP contribution in [0.3, 0.4) is 0 Å². The van der Waals surface area contributed by atoms with Gasteiger partial charge < -0.3 is 0 Å². The quantitative estimate of drug-likeness (QED) is 0.537. The monoisotopic (exact) mass is 266 g/mol. The van der Waals surface area contributed by atoms with Gasteiger partial charge in [0.15, 0.2) is 0 Å². The fraction of sp³-hybridized carbons (Fsp3) is 1.00. The van der Waals surface area contributed by atoms with Crippen LogP contribution in [0.2, 0.25) is 15.4 Å². The van der Waals surface area contributed by atoms with Gasteiger partial charge in [-0.05, 0) is 0 Å². The van der Waals surface area contributed by atoms with E-state index in [2.05, 4.69) is 11.6 Å². The van der Waals surface area contributed by atoms with Crippen molar-refractivity contribution in [2.45, 2.75) is 21.8 Å². The van der Waals surface area contributed by atoms with Crippen molar-refractivity contribution in [3.8, 4) is 0 Å². The molecule has 0 fully saturated rings. The molecule has 0 N–H and O–H groups in total. The first-order valence-corrected chi connectivity index (χ1v) is 8.40. The summed E-state index contributed by atoms with van der Waals surface area (Å²) in [6, 6.07) is 0. The molecule has 0 radical (unpaired) electrons. The Kier molecular flexibility index (Phi) is 7.52. The zero-order chi connectivity index (χ0) is 6.41. The Morgan fingerprint density at radius 3 is 2.00 bits per heavy atom. The summed E-state index contributed by atoms with van der Waals surface area (Å²) in [5.74, 6) is 5.46. The van der Waals surface area contributed by atoms with E-state index in [9.17, 15) is 0 Å². The molecular formula is C5H11ClSe2. The Hall–Kier alpha value is 1.33. The molecule has 0 aliphatic rings. The molecular weight excluding hydrogens is 253 g/mol. The second-order valence-electron chi connectivity index (χ2n) is 1.38. The summed E-state index contributed by atoms with van der Waals surface area (Å²) in [5, 5.41) is 0. The molecule has 0 bridgehead atoms. The van der Waals surface area contributed by atoms with E-state index in [1.807, 2.05) is 0 Å². The Bertz CT molecular complexity index is 45.7. The topological polar surface area (TPSA) is 0 Å². The fourth-order valence-electron chi connectivity index (χ4n) is 0.421. The van der Waals surface area contributed by atoms with Crippen molar-refractivity contribution in [1.82, 2.24) is 0 Å². The van der Waals surface area contributed by atoms with Gasteiger partial charge in [-0.2, -0.15) is 0 Å². The Labute approximate surface area is 69.1 Å². The molecule has 0 rings (SSSR count). The third-order valence-electron chi connectivity index (χ3n) is 0.871. The van der Waals surface area contributed by atoms with E-state index in [-0.39, 0.29) is 0 Å². The molecule has 0 atom stereocenters. The van der Waals surface area contributed by atoms with E-state index >= 15 is 0 Å². The second-order valence-corrected chi connectivity index (χ2v) is 7.64. The van der Waals surface area contributed by atoms with Crippen LogP contribution in [0.5, 0.6) is 0 Å². The van der Waals surface area contributed by atoms with Gasteiger partial charge in [-0.15, -0.1) is 0 Å². The van der Waals surface area contributed by atoms with Crippen LogP contribution in [0.1, 0.15) is 6.42 Å². The molecule has 0 amide bonds. The van der Waals surface area contributed by atoms with E-state index in [0.29, 0.717) is 0 Å². The van der Waals surface area contributed by atoms with Crippen molar-refractivity contribution in [1.29, 1.82) is 0 Å². The first-order valence-electron chi connectivity index (χ1n) is 2.46. The van der Waals surface area contributed by atoms with Crippen molar-refractivity contribution in [2.75, 3.05) is 5.88 Å². The van der Waals surface area contributed by atoms with Crippen molar-refractivity contribution in [2.24, 2.45) is 0 Å². The zero-order valence-corrected chi connectivity index (χ0v) is 9.37. The van der Waals surface area contributed by atoms with E-state index in [0.717, 1.165) is 39.5 Å². The Morgan fingerprint density at radius 2 is 1.88 bits per heavy atom. The number of hydrogen-bond donors (Lipinski definition) is 0. The van der Waals surface area contributed by atoms with Gasteiger partial charge in [-0.3, -0.25) is 0 Å². The first-order chi connectivity index (χ1) is 3.85. The van der Waals surface area contributed by atoms with Crippen LogP contribution in [-0.2, 0) is 0 Å². The summed E-state index contributed by atoms with van der Waals surface area (Å²) in [5.41, 5.74) is 0. The molecule has 0 aromatic carbocycles. The van der Waals surface area contributed by atoms with Crippen LogP contribution in [0.25, 0.3) is 0 Å². The normalized spacial score (nSPS) is 10.5. The molecule has 0 nitrogen and oxygen atoms in total. The standard InChI is InChI=1S/C5H11ClSe2/c1-7-5(8-2)3-4-6/h5H,3-4H2,1-2H3. The minimum absolute atomic E-state index is 0.837. The second kappa shape index (κ2) is 6.45. The van der Waals surface area contributed by atoms with E-state index in [1.165, 1.54) is 6.42 Å². The molecule has 8 heavy (non-hydrogen) atoms. The third-order valence-corrected chi connectivity index (χ3v) is 8.48. The summed E-state index contributed by atoms with van der Waals surface area (Å²) < 4.78 is 0.993. The van der Waals surface area contributed by atoms with Gasteiger partial charge in [0.25, 0.3) is 0 Å². The van der Waals surface area contributed by atoms with Crippen molar-refractivity contribution >= 4 is 41.5 Å². The molecule has 0 saturated heterocycles. The van der Waals surface area contributed by atoms with Crippen LogP contribution in [0.15, 0.2) is 0 Å². The third kappa shape index (κ3) is 4.23. The zero-order valence-electron chi connectivity index (χ0n) is 5.19. The summed E-state index contributed by atoms with van der Waals surface area (Å²) in [7, 11) is 0. The van der Waals surface area contributed by atoms with Crippen molar-refractivity contribution < 1.29 is 0 Å². The number of hydrogen-bond acceptors (Lipinski definition) is 0. The first kappa shape index (κ1) is 9.33. The molecule has 0 unspecified atom stereocenters. The van der Waals surface area contributed by atoms with Crippen LogP contribution in [0, 0.1) is 0 Å². The summed E-state index contributed by atoms with van der Waals surface area (Å²) in [4.78, 5) is 0. The van der Waals surface area contributed by atoms with E-state index in [1.54, 1.807) is 0 Å². The van der Waals surface area contributed by atoms with Crippen molar-refractivity contribution in [3.05, 3.63) is 0 Å². The Morgan fingerprint density at radius 1 is 1.38 bits per heavy atom. The molecule has 0 spiro atoms. The van der Waals surface area contributed by atoms with E-state index in [4.69, 9.17) is 11.6 Å². The minimum atomic E-state index is 0.837. The molecule has 0 aliphatic heterocycles. The number of halogens is 1. The van der Waals surface area contributed by atoms with Gasteiger partial charge in [0.2, 0.25) is 0 Å². The maximum atomic E-state index is 5.57. The van der Waals surface area contributed by atoms with Crippen LogP contribution in [0.4, 0.5) is 0 Å². The van der Waals surface area contributed by atoms with Gasteiger partial charge in [0, 0.05) is 0 Å². The molecule has 0 aromatic heterocycles. The SMILES string of the molecule is C[Se]C(CCCl)[Se]C. The molecule has 50 valence electrons. The van der Waals surface area contributed by atoms with Gasteiger partial charge in [-0.1, -0.05) is 0 Å². The fourth-order valence-corrected chi connectivity index (χ4v) is 5.21. The van der Waals surface area contributed by atoms with Crippen LogP contribution in [-0.4, -0.2) is 35.8 Å². The predicted octanol–water partition coefficient (Wildman–Crippen LogP) is 1.87. The number of alkyl halides is 1. The molecule has 0 aliphatic carbocycles. The predicted molar refractivity (Wildman–Crippen MR) is 42.3 cm³/mol. The Balaban J connectivity index is 3.07. The maximum absolute atomic E-state index is 5.57. The molecule has 3 heteroatoms. The molecule has 0 saturated carbocycles. The van der Waals surface area contributed by atoms with E-state index < -0.39 is 0 Å². The van der Waals surface area contributed by atoms with Gasteiger partial charge in [0.1, 0.15) is 0 Å². The van der Waals surface area contributed by atoms with Gasteiger partial charge in [-0.25, -0.2) is 0 Å². The molecule has 0 aromatic rings. The van der Waals surface area contributed by atoms with Gasteiger partial charge in [0.05, 0.1) is 0 Å². The van der Waals surface area contributed by atoms with Gasteiger partial charge >= 0.3 is 69.2 Å². The van der Waals surface area contributed by atoms with Crippen LogP contribution >= 0.6 is 11.6 Å². The van der Waals surface area contributed by atoms with Crippen LogP contribution < -0.4 is 0 Å².